The number of hydrogen-bond donors (Lipinski definition) is 2. The Morgan fingerprint density at radius 2 is 1.22 bits per heavy atom. The maximum atomic E-state index is 9.91. The van der Waals surface area contributed by atoms with Crippen LogP contribution in [0.2, 0.25) is 0 Å². The highest BCUT2D eigenvalue weighted by Crippen LogP contribution is 2.45. The summed E-state index contributed by atoms with van der Waals surface area (Å²) >= 11 is 10.2. The minimum Gasteiger partial charge on any atom is -0.478 e. The second-order valence-electron chi connectivity index (χ2n) is 12.6. The van der Waals surface area contributed by atoms with Gasteiger partial charge in [0.15, 0.2) is 0 Å². The first kappa shape index (κ1) is 44.6. The third-order valence-electron chi connectivity index (χ3n) is 8.82. The van der Waals surface area contributed by atoms with Crippen molar-refractivity contribution in [2.45, 2.75) is 170 Å². The van der Waals surface area contributed by atoms with Crippen molar-refractivity contribution in [1.82, 2.24) is 0 Å². The topological polar surface area (TPSA) is 74.6 Å². The summed E-state index contributed by atoms with van der Waals surface area (Å²) in [5.74, 6) is -0.423. The molecule has 3 rings (SSSR count). The summed E-state index contributed by atoms with van der Waals surface area (Å²) in [6.07, 6.45) is 22.2. The van der Waals surface area contributed by atoms with Crippen LogP contribution in [0.1, 0.15) is 165 Å². The monoisotopic (exact) mass is 620 g/mol. The molecule has 244 valence electrons. The number of hydrogen-bond acceptors (Lipinski definition) is 3. The molecule has 0 radical (unpaired) electrons. The molecule has 0 atom stereocenters. The van der Waals surface area contributed by atoms with Gasteiger partial charge in [-0.15, -0.1) is 18.2 Å². The zero-order valence-electron chi connectivity index (χ0n) is 26.8. The van der Waals surface area contributed by atoms with E-state index in [1.165, 1.54) is 96.0 Å². The van der Waals surface area contributed by atoms with E-state index in [2.05, 4.69) is 47.8 Å². The highest BCUT2D eigenvalue weighted by molar-refractivity contribution is 6.63. The van der Waals surface area contributed by atoms with Crippen LogP contribution in [0.4, 0.5) is 0 Å². The Bertz CT molecular complexity index is 680. The quantitative estimate of drug-likeness (QED) is 0.116. The molecule has 6 heteroatoms. The van der Waals surface area contributed by atoms with Crippen LogP contribution in [0.5, 0.6) is 0 Å². The summed E-state index contributed by atoms with van der Waals surface area (Å²) in [5.41, 5.74) is 2.68. The molecule has 0 heterocycles. The molecule has 0 saturated heterocycles. The normalized spacial score (nSPS) is 18.8. The lowest BCUT2D eigenvalue weighted by Gasteiger charge is -2.27. The van der Waals surface area contributed by atoms with Crippen LogP contribution in [0.3, 0.4) is 0 Å². The second-order valence-corrected chi connectivity index (χ2v) is 13.4. The molecule has 3 aliphatic rings. The van der Waals surface area contributed by atoms with Gasteiger partial charge in [-0.3, -0.25) is 4.79 Å². The fourth-order valence-electron chi connectivity index (χ4n) is 5.60. The molecule has 3 fully saturated rings. The van der Waals surface area contributed by atoms with Gasteiger partial charge in [0, 0.05) is 17.9 Å². The van der Waals surface area contributed by atoms with E-state index in [1.807, 2.05) is 0 Å². The molecule has 0 aliphatic heterocycles. The summed E-state index contributed by atoms with van der Waals surface area (Å²) in [7, 11) is 0. The van der Waals surface area contributed by atoms with Crippen molar-refractivity contribution in [2.75, 3.05) is 5.88 Å². The van der Waals surface area contributed by atoms with E-state index in [9.17, 15) is 14.7 Å². The maximum Gasteiger partial charge on any atom is 0.330 e. The summed E-state index contributed by atoms with van der Waals surface area (Å²) in [6.45, 7) is 19.9. The van der Waals surface area contributed by atoms with E-state index in [0.717, 1.165) is 24.7 Å². The Morgan fingerprint density at radius 3 is 1.44 bits per heavy atom. The number of aliphatic hydroxyl groups is 1. The number of carbonyl (C=O) groups excluding carboxylic acids is 1. The Kier molecular flexibility index (Phi) is 26.7. The number of carboxylic acid groups (broad SMARTS) is 1. The molecule has 3 aliphatic carbocycles. The van der Waals surface area contributed by atoms with Gasteiger partial charge < -0.3 is 10.2 Å². The van der Waals surface area contributed by atoms with Gasteiger partial charge in [-0.2, -0.15) is 0 Å². The predicted molar refractivity (Wildman–Crippen MR) is 181 cm³/mol. The minimum absolute atomic E-state index is 0. The number of alkyl halides is 1. The highest BCUT2D eigenvalue weighted by atomic mass is 35.5. The lowest BCUT2D eigenvalue weighted by molar-refractivity contribution is -0.132. The standard InChI is InChI=1S/C11H20.C8H16.C7H14O.C4H6Cl2O.C4H6O2.CH4/c1-4-11(9-10(2)3)7-5-6-8-11;1-3-8(2)6-4-5-7-8;1-2-7(8)5-3-4-6-7;5-3-1-2-4(6)7;1-3(2)4(5)6;/h2,4-9H2,1,3H3;3-7H2,1-2H3;8H,2-6H2,1H3;1-3H2;1H2,2H3,(H,5,6);1H4. The molecule has 0 amide bonds. The lowest BCUT2D eigenvalue weighted by Crippen LogP contribution is -2.21. The van der Waals surface area contributed by atoms with E-state index in [0.29, 0.717) is 24.1 Å². The third kappa shape index (κ3) is 23.3. The second kappa shape index (κ2) is 24.6. The third-order valence-corrected chi connectivity index (χ3v) is 9.28. The fourth-order valence-corrected chi connectivity index (χ4v) is 5.86. The molecule has 0 aromatic rings. The van der Waals surface area contributed by atoms with Gasteiger partial charge in [-0.05, 0) is 94.1 Å². The molecule has 0 aromatic heterocycles. The molecule has 0 spiro atoms. The molecule has 0 bridgehead atoms. The van der Waals surface area contributed by atoms with Crippen LogP contribution < -0.4 is 0 Å². The summed E-state index contributed by atoms with van der Waals surface area (Å²) in [5, 5.41) is 17.1. The zero-order valence-corrected chi connectivity index (χ0v) is 28.3. The summed E-state index contributed by atoms with van der Waals surface area (Å²) in [6, 6.07) is 0. The number of allylic oxidation sites excluding steroid dienone is 1. The van der Waals surface area contributed by atoms with Crippen molar-refractivity contribution in [2.24, 2.45) is 10.8 Å². The SMILES string of the molecule is C.C=C(C)C(=O)O.C=C(C)CC1(CC)CCCC1.CCC1(C)CCCC1.CCC1(O)CCCC1.O=C(Cl)CCCCl. The largest absolute Gasteiger partial charge is 0.478 e. The van der Waals surface area contributed by atoms with E-state index >= 15 is 0 Å². The summed E-state index contributed by atoms with van der Waals surface area (Å²) in [4.78, 5) is 19.5. The van der Waals surface area contributed by atoms with E-state index in [-0.39, 0.29) is 23.8 Å². The minimum atomic E-state index is -0.935. The van der Waals surface area contributed by atoms with Gasteiger partial charge in [-0.25, -0.2) is 4.79 Å². The fraction of sp³-hybridized carbons (Fsp3) is 0.829. The first-order valence-electron chi connectivity index (χ1n) is 15.6. The van der Waals surface area contributed by atoms with Gasteiger partial charge in [0.1, 0.15) is 0 Å². The Morgan fingerprint density at radius 1 is 0.805 bits per heavy atom. The van der Waals surface area contributed by atoms with Crippen molar-refractivity contribution < 1.29 is 19.8 Å². The maximum absolute atomic E-state index is 9.91. The number of halogens is 2. The highest BCUT2D eigenvalue weighted by Gasteiger charge is 2.31. The molecule has 3 saturated carbocycles. The Hall–Kier alpha value is -0.840. The van der Waals surface area contributed by atoms with Gasteiger partial charge in [0.2, 0.25) is 5.24 Å². The van der Waals surface area contributed by atoms with E-state index < -0.39 is 5.97 Å². The van der Waals surface area contributed by atoms with Crippen LogP contribution in [-0.2, 0) is 9.59 Å². The average Bonchev–Trinajstić information content (AvgIpc) is 3.66. The lowest BCUT2D eigenvalue weighted by atomic mass is 9.78. The summed E-state index contributed by atoms with van der Waals surface area (Å²) < 4.78 is 0. The van der Waals surface area contributed by atoms with Crippen LogP contribution in [0.15, 0.2) is 24.3 Å². The van der Waals surface area contributed by atoms with Gasteiger partial charge in [0.05, 0.1) is 5.60 Å². The molecule has 41 heavy (non-hydrogen) atoms. The van der Waals surface area contributed by atoms with Crippen molar-refractivity contribution in [1.29, 1.82) is 0 Å². The Balaban J connectivity index is -0.000000445. The number of carboxylic acids is 1. The van der Waals surface area contributed by atoms with E-state index in [1.54, 1.807) is 0 Å². The Labute approximate surface area is 264 Å². The molecular formula is C35H66Cl2O4. The smallest absolute Gasteiger partial charge is 0.330 e. The van der Waals surface area contributed by atoms with Crippen molar-refractivity contribution in [3.8, 4) is 0 Å². The predicted octanol–water partition coefficient (Wildman–Crippen LogP) is 11.7. The number of carbonyl (C=O) groups is 2. The van der Waals surface area contributed by atoms with Crippen LogP contribution in [-0.4, -0.2) is 32.9 Å². The average molecular weight is 622 g/mol. The van der Waals surface area contributed by atoms with Crippen molar-refractivity contribution in [3.63, 3.8) is 0 Å². The molecule has 4 nitrogen and oxygen atoms in total. The first-order chi connectivity index (χ1) is 18.6. The van der Waals surface area contributed by atoms with Gasteiger partial charge in [0.25, 0.3) is 0 Å². The number of rotatable bonds is 9. The van der Waals surface area contributed by atoms with Gasteiger partial charge >= 0.3 is 5.97 Å². The molecule has 0 aromatic carbocycles. The van der Waals surface area contributed by atoms with Crippen molar-refractivity contribution in [3.05, 3.63) is 24.3 Å². The van der Waals surface area contributed by atoms with Crippen LogP contribution >= 0.6 is 23.2 Å². The number of aliphatic carboxylic acids is 1. The van der Waals surface area contributed by atoms with Crippen LogP contribution in [0.25, 0.3) is 0 Å². The first-order valence-corrected chi connectivity index (χ1v) is 16.5. The van der Waals surface area contributed by atoms with Crippen molar-refractivity contribution >= 4 is 34.4 Å². The molecule has 2 N–H and O–H groups in total. The zero-order chi connectivity index (χ0) is 31.2. The van der Waals surface area contributed by atoms with E-state index in [4.69, 9.17) is 28.3 Å². The van der Waals surface area contributed by atoms with Gasteiger partial charge in [-0.1, -0.05) is 98.6 Å². The van der Waals surface area contributed by atoms with Crippen LogP contribution in [0, 0.1) is 10.8 Å². The molecular weight excluding hydrogens is 555 g/mol. The molecule has 0 unspecified atom stereocenters.